The molecule has 0 aliphatic carbocycles. The Kier molecular flexibility index (Phi) is 9.17. The number of nitrogens with one attached hydrogen (secondary N) is 2. The SMILES string of the molecule is CCNC(=NCC(C)Cn1nc(C)cc1C)NCC(O)c1cccc(OC(C)C)c1. The number of aryl methyl sites for hydroxylation is 2. The van der Waals surface area contributed by atoms with Crippen molar-refractivity contribution < 1.29 is 9.84 Å². The van der Waals surface area contributed by atoms with E-state index < -0.39 is 6.10 Å². The van der Waals surface area contributed by atoms with Gasteiger partial charge in [-0.1, -0.05) is 19.1 Å². The van der Waals surface area contributed by atoms with Gasteiger partial charge >= 0.3 is 0 Å². The summed E-state index contributed by atoms with van der Waals surface area (Å²) in [6, 6.07) is 9.67. The molecule has 1 heterocycles. The maximum Gasteiger partial charge on any atom is 0.191 e. The van der Waals surface area contributed by atoms with Gasteiger partial charge in [-0.05, 0) is 64.3 Å². The highest BCUT2D eigenvalue weighted by Crippen LogP contribution is 2.20. The molecule has 0 bridgehead atoms. The van der Waals surface area contributed by atoms with Gasteiger partial charge in [0.15, 0.2) is 5.96 Å². The molecule has 0 spiro atoms. The number of aliphatic hydroxyl groups is 1. The topological polar surface area (TPSA) is 83.7 Å². The molecule has 2 aromatic rings. The number of guanidine groups is 1. The maximum atomic E-state index is 10.6. The van der Waals surface area contributed by atoms with Crippen molar-refractivity contribution in [1.82, 2.24) is 20.4 Å². The summed E-state index contributed by atoms with van der Waals surface area (Å²) in [5, 5.41) is 21.6. The largest absolute Gasteiger partial charge is 0.491 e. The second-order valence-corrected chi connectivity index (χ2v) is 8.07. The van der Waals surface area contributed by atoms with Crippen LogP contribution in [-0.2, 0) is 6.54 Å². The Hall–Kier alpha value is -2.54. The van der Waals surface area contributed by atoms with E-state index in [-0.39, 0.29) is 6.10 Å². The highest BCUT2D eigenvalue weighted by molar-refractivity contribution is 5.79. The number of nitrogens with zero attached hydrogens (tertiary/aromatic N) is 3. The van der Waals surface area contributed by atoms with Gasteiger partial charge in [0.1, 0.15) is 5.75 Å². The van der Waals surface area contributed by atoms with E-state index in [0.717, 1.165) is 30.1 Å². The van der Waals surface area contributed by atoms with Gasteiger partial charge in [0, 0.05) is 31.9 Å². The third-order valence-corrected chi connectivity index (χ3v) is 4.57. The van der Waals surface area contributed by atoms with Gasteiger partial charge in [0.25, 0.3) is 0 Å². The van der Waals surface area contributed by atoms with Crippen molar-refractivity contribution in [1.29, 1.82) is 0 Å². The zero-order chi connectivity index (χ0) is 22.1. The molecule has 0 amide bonds. The molecule has 0 aliphatic rings. The molecule has 3 N–H and O–H groups in total. The average Bonchev–Trinajstić information content (AvgIpc) is 3.00. The van der Waals surface area contributed by atoms with Crippen molar-refractivity contribution in [2.75, 3.05) is 19.6 Å². The minimum atomic E-state index is -0.656. The van der Waals surface area contributed by atoms with Gasteiger partial charge in [-0.15, -0.1) is 0 Å². The Balaban J connectivity index is 1.91. The van der Waals surface area contributed by atoms with E-state index in [1.807, 2.05) is 56.6 Å². The first-order chi connectivity index (χ1) is 14.3. The first-order valence-corrected chi connectivity index (χ1v) is 10.8. The zero-order valence-electron chi connectivity index (χ0n) is 19.1. The van der Waals surface area contributed by atoms with Crippen LogP contribution in [-0.4, -0.2) is 46.6 Å². The molecule has 7 nitrogen and oxygen atoms in total. The number of hydrogen-bond donors (Lipinski definition) is 3. The summed E-state index contributed by atoms with van der Waals surface area (Å²) in [6.07, 6.45) is -0.559. The second-order valence-electron chi connectivity index (χ2n) is 8.07. The molecule has 2 unspecified atom stereocenters. The van der Waals surface area contributed by atoms with E-state index in [4.69, 9.17) is 4.74 Å². The van der Waals surface area contributed by atoms with Crippen molar-refractivity contribution in [2.24, 2.45) is 10.9 Å². The quantitative estimate of drug-likeness (QED) is 0.410. The molecular formula is C23H37N5O2. The fourth-order valence-electron chi connectivity index (χ4n) is 3.18. The lowest BCUT2D eigenvalue weighted by atomic mass is 10.1. The van der Waals surface area contributed by atoms with E-state index in [0.29, 0.717) is 25.0 Å². The second kappa shape index (κ2) is 11.6. The maximum absolute atomic E-state index is 10.6. The molecule has 2 rings (SSSR count). The Morgan fingerprint density at radius 3 is 2.60 bits per heavy atom. The Morgan fingerprint density at radius 2 is 1.97 bits per heavy atom. The molecule has 0 saturated heterocycles. The average molecular weight is 416 g/mol. The van der Waals surface area contributed by atoms with E-state index in [9.17, 15) is 5.11 Å². The molecule has 7 heteroatoms. The molecule has 0 fully saturated rings. The minimum Gasteiger partial charge on any atom is -0.491 e. The number of aliphatic hydroxyl groups excluding tert-OH is 1. The van der Waals surface area contributed by atoms with Gasteiger partial charge in [-0.25, -0.2) is 0 Å². The summed E-state index contributed by atoms with van der Waals surface area (Å²) < 4.78 is 7.75. The van der Waals surface area contributed by atoms with E-state index in [2.05, 4.69) is 40.6 Å². The van der Waals surface area contributed by atoms with Crippen molar-refractivity contribution in [2.45, 2.75) is 60.3 Å². The van der Waals surface area contributed by atoms with Crippen LogP contribution in [0.4, 0.5) is 0 Å². The predicted molar refractivity (Wildman–Crippen MR) is 122 cm³/mol. The number of ether oxygens (including phenoxy) is 1. The summed E-state index contributed by atoms with van der Waals surface area (Å²) >= 11 is 0. The van der Waals surface area contributed by atoms with Crippen LogP contribution >= 0.6 is 0 Å². The van der Waals surface area contributed by atoms with Crippen LogP contribution in [0.5, 0.6) is 5.75 Å². The lowest BCUT2D eigenvalue weighted by Gasteiger charge is -2.18. The molecule has 1 aromatic carbocycles. The van der Waals surface area contributed by atoms with Crippen LogP contribution in [0.1, 0.15) is 50.8 Å². The molecule has 30 heavy (non-hydrogen) atoms. The van der Waals surface area contributed by atoms with Crippen LogP contribution < -0.4 is 15.4 Å². The van der Waals surface area contributed by atoms with E-state index in [1.165, 1.54) is 5.69 Å². The molecule has 166 valence electrons. The summed E-state index contributed by atoms with van der Waals surface area (Å²) in [5.74, 6) is 1.81. The van der Waals surface area contributed by atoms with Gasteiger partial charge in [-0.3, -0.25) is 9.67 Å². The monoisotopic (exact) mass is 415 g/mol. The van der Waals surface area contributed by atoms with Crippen LogP contribution in [0.15, 0.2) is 35.3 Å². The third-order valence-electron chi connectivity index (χ3n) is 4.57. The van der Waals surface area contributed by atoms with E-state index in [1.54, 1.807) is 0 Å². The molecule has 2 atom stereocenters. The number of aliphatic imine (C=N–C) groups is 1. The zero-order valence-corrected chi connectivity index (χ0v) is 19.1. The van der Waals surface area contributed by atoms with Crippen molar-refractivity contribution in [3.05, 3.63) is 47.3 Å². The van der Waals surface area contributed by atoms with Gasteiger partial charge < -0.3 is 20.5 Å². The summed E-state index contributed by atoms with van der Waals surface area (Å²) in [7, 11) is 0. The van der Waals surface area contributed by atoms with Crippen LogP contribution in [0.3, 0.4) is 0 Å². The standard InChI is InChI=1S/C23H37N5O2/c1-7-24-23(25-13-17(4)15-28-19(6)11-18(5)27-28)26-14-22(29)20-9-8-10-21(12-20)30-16(2)3/h8-12,16-17,22,29H,7,13-15H2,1-6H3,(H2,24,25,26). The van der Waals surface area contributed by atoms with Crippen molar-refractivity contribution in [3.8, 4) is 5.75 Å². The summed E-state index contributed by atoms with van der Waals surface area (Å²) in [5.41, 5.74) is 3.02. The normalized spacial score (nSPS) is 13.9. The molecule has 0 saturated carbocycles. The van der Waals surface area contributed by atoms with Crippen molar-refractivity contribution in [3.63, 3.8) is 0 Å². The van der Waals surface area contributed by atoms with Crippen molar-refractivity contribution >= 4 is 5.96 Å². The first-order valence-electron chi connectivity index (χ1n) is 10.8. The molecule has 1 aromatic heterocycles. The minimum absolute atomic E-state index is 0.0967. The summed E-state index contributed by atoms with van der Waals surface area (Å²) in [4.78, 5) is 4.69. The van der Waals surface area contributed by atoms with Crippen LogP contribution in [0.2, 0.25) is 0 Å². The highest BCUT2D eigenvalue weighted by atomic mass is 16.5. The number of aromatic nitrogens is 2. The number of benzene rings is 1. The molecule has 0 radical (unpaired) electrons. The smallest absolute Gasteiger partial charge is 0.191 e. The van der Waals surface area contributed by atoms with Gasteiger partial charge in [0.2, 0.25) is 0 Å². The van der Waals surface area contributed by atoms with Gasteiger partial charge in [-0.2, -0.15) is 5.10 Å². The third kappa shape index (κ3) is 7.71. The lowest BCUT2D eigenvalue weighted by Crippen LogP contribution is -2.39. The fourth-order valence-corrected chi connectivity index (χ4v) is 3.18. The molecule has 0 aliphatic heterocycles. The Morgan fingerprint density at radius 1 is 1.20 bits per heavy atom. The summed E-state index contributed by atoms with van der Waals surface area (Å²) in [6.45, 7) is 14.9. The fraction of sp³-hybridized carbons (Fsp3) is 0.565. The number of rotatable bonds is 10. The number of hydrogen-bond acceptors (Lipinski definition) is 4. The Bertz CT molecular complexity index is 816. The highest BCUT2D eigenvalue weighted by Gasteiger charge is 2.11. The Labute approximate surface area is 180 Å². The molecular weight excluding hydrogens is 378 g/mol. The van der Waals surface area contributed by atoms with Crippen LogP contribution in [0, 0.1) is 19.8 Å². The van der Waals surface area contributed by atoms with Gasteiger partial charge in [0.05, 0.1) is 17.9 Å². The van der Waals surface area contributed by atoms with Crippen LogP contribution in [0.25, 0.3) is 0 Å². The predicted octanol–water partition coefficient (Wildman–Crippen LogP) is 3.21. The lowest BCUT2D eigenvalue weighted by molar-refractivity contribution is 0.179. The van der Waals surface area contributed by atoms with E-state index >= 15 is 0 Å². The first kappa shape index (κ1) is 23.7.